The summed E-state index contributed by atoms with van der Waals surface area (Å²) in [6, 6.07) is 16.5. The summed E-state index contributed by atoms with van der Waals surface area (Å²) in [7, 11) is 0. The highest BCUT2D eigenvalue weighted by atomic mass is 16.4. The molecule has 1 N–H and O–H groups in total. The maximum Gasteiger partial charge on any atom is 0.338 e. The van der Waals surface area contributed by atoms with Gasteiger partial charge in [0.25, 0.3) is 0 Å². The van der Waals surface area contributed by atoms with Gasteiger partial charge in [-0.2, -0.15) is 15.4 Å². The minimum atomic E-state index is -0.433. The van der Waals surface area contributed by atoms with Crippen molar-refractivity contribution in [3.63, 3.8) is 0 Å². The zero-order valence-electron chi connectivity index (χ0n) is 13.9. The van der Waals surface area contributed by atoms with Crippen molar-refractivity contribution < 1.29 is 4.42 Å². The van der Waals surface area contributed by atoms with Gasteiger partial charge in [0.15, 0.2) is 0 Å². The van der Waals surface area contributed by atoms with Crippen LogP contribution in [0.3, 0.4) is 0 Å². The molecule has 0 aliphatic carbocycles. The van der Waals surface area contributed by atoms with Crippen LogP contribution < -0.4 is 5.63 Å². The Bertz CT molecular complexity index is 1290. The zero-order chi connectivity index (χ0) is 18.2. The second-order valence-corrected chi connectivity index (χ2v) is 5.93. The number of aromatic nitrogens is 6. The summed E-state index contributed by atoms with van der Waals surface area (Å²) in [4.78, 5) is 11.9. The van der Waals surface area contributed by atoms with Crippen molar-refractivity contribution in [1.29, 1.82) is 0 Å². The fraction of sp³-hybridized carbons (Fsp3) is 0. The third kappa shape index (κ3) is 2.69. The molecule has 130 valence electrons. The Morgan fingerprint density at radius 2 is 1.74 bits per heavy atom. The molecule has 3 heterocycles. The molecule has 0 atom stereocenters. The first kappa shape index (κ1) is 15.2. The SMILES string of the molecule is O=c1cc(-n2cc(-c3ccc(-c4cn[nH]n4)cc3)nn2)c2ccccc2o1. The van der Waals surface area contributed by atoms with Gasteiger partial charge in [-0.15, -0.1) is 5.10 Å². The van der Waals surface area contributed by atoms with E-state index in [1.807, 2.05) is 42.5 Å². The zero-order valence-corrected chi connectivity index (χ0v) is 13.9. The minimum Gasteiger partial charge on any atom is -0.423 e. The molecule has 8 heteroatoms. The van der Waals surface area contributed by atoms with Crippen molar-refractivity contribution in [2.45, 2.75) is 0 Å². The summed E-state index contributed by atoms with van der Waals surface area (Å²) in [5, 5.41) is 19.7. The Balaban J connectivity index is 1.55. The molecule has 8 nitrogen and oxygen atoms in total. The average molecular weight is 356 g/mol. The lowest BCUT2D eigenvalue weighted by Gasteiger charge is -2.03. The highest BCUT2D eigenvalue weighted by molar-refractivity contribution is 5.85. The Labute approximate surface area is 152 Å². The first-order valence-corrected chi connectivity index (χ1v) is 8.20. The number of H-pyrrole nitrogens is 1. The van der Waals surface area contributed by atoms with Gasteiger partial charge in [0.1, 0.15) is 17.0 Å². The number of nitrogens with zero attached hydrogens (tertiary/aromatic N) is 5. The van der Waals surface area contributed by atoms with Crippen molar-refractivity contribution in [3.8, 4) is 28.2 Å². The normalized spacial score (nSPS) is 11.1. The largest absolute Gasteiger partial charge is 0.423 e. The first-order chi connectivity index (χ1) is 13.3. The number of aromatic amines is 1. The molecule has 0 aliphatic rings. The van der Waals surface area contributed by atoms with Gasteiger partial charge in [-0.3, -0.25) is 0 Å². The fourth-order valence-corrected chi connectivity index (χ4v) is 2.95. The van der Waals surface area contributed by atoms with E-state index < -0.39 is 5.63 Å². The van der Waals surface area contributed by atoms with E-state index in [1.54, 1.807) is 23.1 Å². The van der Waals surface area contributed by atoms with Gasteiger partial charge in [-0.1, -0.05) is 41.6 Å². The van der Waals surface area contributed by atoms with Crippen molar-refractivity contribution in [2.24, 2.45) is 0 Å². The Hall–Kier alpha value is -4.07. The van der Waals surface area contributed by atoms with Crippen molar-refractivity contribution in [1.82, 2.24) is 30.4 Å². The summed E-state index contributed by atoms with van der Waals surface area (Å²) in [5.74, 6) is 0. The fourth-order valence-electron chi connectivity index (χ4n) is 2.95. The van der Waals surface area contributed by atoms with Crippen LogP contribution in [0.1, 0.15) is 0 Å². The van der Waals surface area contributed by atoms with Crippen molar-refractivity contribution in [2.75, 3.05) is 0 Å². The van der Waals surface area contributed by atoms with E-state index >= 15 is 0 Å². The van der Waals surface area contributed by atoms with Crippen LogP contribution in [0, 0.1) is 0 Å². The van der Waals surface area contributed by atoms with Crippen LogP contribution in [0.5, 0.6) is 0 Å². The maximum atomic E-state index is 11.9. The Morgan fingerprint density at radius 1 is 0.963 bits per heavy atom. The van der Waals surface area contributed by atoms with Crippen LogP contribution >= 0.6 is 0 Å². The number of para-hydroxylation sites is 1. The number of hydrogen-bond donors (Lipinski definition) is 1. The molecule has 0 radical (unpaired) electrons. The molecule has 5 aromatic rings. The van der Waals surface area contributed by atoms with E-state index in [-0.39, 0.29) is 0 Å². The standard InChI is InChI=1S/C19H12N6O2/c26-19-9-17(14-3-1-2-4-18(14)27-19)25-11-16(22-24-25)13-7-5-12(6-8-13)15-10-20-23-21-15/h1-11H,(H,20,21,23). The van der Waals surface area contributed by atoms with Crippen LogP contribution in [0.4, 0.5) is 0 Å². The molecule has 0 aliphatic heterocycles. The van der Waals surface area contributed by atoms with E-state index in [9.17, 15) is 4.79 Å². The van der Waals surface area contributed by atoms with Gasteiger partial charge in [-0.25, -0.2) is 9.48 Å². The maximum absolute atomic E-state index is 11.9. The third-order valence-electron chi connectivity index (χ3n) is 4.26. The number of nitrogens with one attached hydrogen (secondary N) is 1. The number of rotatable bonds is 3. The third-order valence-corrected chi connectivity index (χ3v) is 4.26. The lowest BCUT2D eigenvalue weighted by molar-refractivity contribution is 0.559. The monoisotopic (exact) mass is 356 g/mol. The van der Waals surface area contributed by atoms with Crippen LogP contribution in [0.25, 0.3) is 39.2 Å². The molecule has 5 rings (SSSR count). The van der Waals surface area contributed by atoms with E-state index in [0.717, 1.165) is 22.2 Å². The highest BCUT2D eigenvalue weighted by Crippen LogP contribution is 2.24. The van der Waals surface area contributed by atoms with Gasteiger partial charge < -0.3 is 4.42 Å². The number of fused-ring (bicyclic) bond motifs is 1. The van der Waals surface area contributed by atoms with Crippen LogP contribution in [-0.4, -0.2) is 30.4 Å². The second kappa shape index (κ2) is 6.03. The molecule has 0 unspecified atom stereocenters. The molecule has 0 spiro atoms. The average Bonchev–Trinajstić information content (AvgIpc) is 3.40. The van der Waals surface area contributed by atoms with E-state index in [1.165, 1.54) is 6.07 Å². The lowest BCUT2D eigenvalue weighted by Crippen LogP contribution is -2.04. The smallest absolute Gasteiger partial charge is 0.338 e. The quantitative estimate of drug-likeness (QED) is 0.499. The van der Waals surface area contributed by atoms with Gasteiger partial charge in [0, 0.05) is 16.5 Å². The Morgan fingerprint density at radius 3 is 2.52 bits per heavy atom. The summed E-state index contributed by atoms with van der Waals surface area (Å²) in [5.41, 5.74) is 4.02. The molecule has 0 fully saturated rings. The van der Waals surface area contributed by atoms with E-state index in [2.05, 4.69) is 25.7 Å². The number of hydrogen-bond acceptors (Lipinski definition) is 6. The Kier molecular flexibility index (Phi) is 3.39. The van der Waals surface area contributed by atoms with Crippen LogP contribution in [-0.2, 0) is 0 Å². The summed E-state index contributed by atoms with van der Waals surface area (Å²) in [6.07, 6.45) is 3.45. The first-order valence-electron chi connectivity index (χ1n) is 8.20. The predicted octanol–water partition coefficient (Wildman–Crippen LogP) is 2.83. The molecule has 0 bridgehead atoms. The van der Waals surface area contributed by atoms with Gasteiger partial charge in [0.05, 0.1) is 24.1 Å². The molecule has 0 amide bonds. The van der Waals surface area contributed by atoms with Crippen LogP contribution in [0.15, 0.2) is 76.2 Å². The number of benzene rings is 2. The second-order valence-electron chi connectivity index (χ2n) is 5.93. The highest BCUT2D eigenvalue weighted by Gasteiger charge is 2.11. The van der Waals surface area contributed by atoms with Gasteiger partial charge >= 0.3 is 5.63 Å². The van der Waals surface area contributed by atoms with Crippen molar-refractivity contribution in [3.05, 3.63) is 77.4 Å². The lowest BCUT2D eigenvalue weighted by atomic mass is 10.1. The summed E-state index contributed by atoms with van der Waals surface area (Å²) < 4.78 is 6.82. The van der Waals surface area contributed by atoms with Crippen LogP contribution in [0.2, 0.25) is 0 Å². The molecule has 27 heavy (non-hydrogen) atoms. The topological polar surface area (TPSA) is 102 Å². The molecule has 2 aromatic carbocycles. The molecule has 0 saturated heterocycles. The van der Waals surface area contributed by atoms with Gasteiger partial charge in [-0.05, 0) is 12.1 Å². The summed E-state index contributed by atoms with van der Waals surface area (Å²) in [6.45, 7) is 0. The molecule has 0 saturated carbocycles. The van der Waals surface area contributed by atoms with E-state index in [4.69, 9.17) is 4.42 Å². The van der Waals surface area contributed by atoms with Crippen molar-refractivity contribution >= 4 is 11.0 Å². The minimum absolute atomic E-state index is 0.433. The molecular formula is C19H12N6O2. The van der Waals surface area contributed by atoms with E-state index in [0.29, 0.717) is 17.0 Å². The molecular weight excluding hydrogens is 344 g/mol. The summed E-state index contributed by atoms with van der Waals surface area (Å²) >= 11 is 0. The predicted molar refractivity (Wildman–Crippen MR) is 98.2 cm³/mol. The molecule has 3 aromatic heterocycles. The van der Waals surface area contributed by atoms with Gasteiger partial charge in [0.2, 0.25) is 0 Å².